The van der Waals surface area contributed by atoms with Gasteiger partial charge in [-0.2, -0.15) is 13.2 Å². The van der Waals surface area contributed by atoms with Crippen LogP contribution in [-0.4, -0.2) is 57.8 Å². The number of hydrogen-bond acceptors (Lipinski definition) is 5. The van der Waals surface area contributed by atoms with Gasteiger partial charge in [0.05, 0.1) is 19.8 Å². The molecular weight excluding hydrogens is 581 g/mol. The van der Waals surface area contributed by atoms with Gasteiger partial charge in [-0.25, -0.2) is 0 Å². The van der Waals surface area contributed by atoms with E-state index in [-0.39, 0.29) is 18.6 Å². The fourth-order valence-electron chi connectivity index (χ4n) is 5.55. The maximum Gasteiger partial charge on any atom is 0.416 e. The largest absolute Gasteiger partial charge is 0.497 e. The molecule has 0 bridgehead atoms. The van der Waals surface area contributed by atoms with Gasteiger partial charge in [-0.15, -0.1) is 0 Å². The van der Waals surface area contributed by atoms with Gasteiger partial charge >= 0.3 is 6.18 Å². The Morgan fingerprint density at radius 2 is 1.58 bits per heavy atom. The molecule has 236 valence electrons. The van der Waals surface area contributed by atoms with Crippen molar-refractivity contribution in [1.29, 1.82) is 0 Å². The van der Waals surface area contributed by atoms with Crippen LogP contribution in [0.15, 0.2) is 84.9 Å². The van der Waals surface area contributed by atoms with Crippen LogP contribution in [-0.2, 0) is 12.6 Å². The Labute approximate surface area is 261 Å². The van der Waals surface area contributed by atoms with Crippen molar-refractivity contribution >= 4 is 5.91 Å². The van der Waals surface area contributed by atoms with Crippen molar-refractivity contribution in [2.75, 3.05) is 40.9 Å². The Balaban J connectivity index is 1.35. The number of ether oxygens (including phenoxy) is 3. The number of methoxy groups -OCH3 is 2. The Morgan fingerprint density at radius 1 is 0.844 bits per heavy atom. The normalized spacial score (nSPS) is 14.2. The number of carbonyl (C=O) groups is 1. The van der Waals surface area contributed by atoms with Crippen molar-refractivity contribution < 1.29 is 32.2 Å². The summed E-state index contributed by atoms with van der Waals surface area (Å²) in [5.41, 5.74) is 3.21. The van der Waals surface area contributed by atoms with Crippen molar-refractivity contribution in [3.05, 3.63) is 102 Å². The van der Waals surface area contributed by atoms with Gasteiger partial charge in [0, 0.05) is 30.8 Å². The number of alkyl halides is 3. The molecule has 4 aromatic rings. The first-order chi connectivity index (χ1) is 21.6. The van der Waals surface area contributed by atoms with Crippen molar-refractivity contribution in [2.24, 2.45) is 0 Å². The standard InChI is InChI=1S/C36H37F3N2O4/c1-41-18-15-29(16-19-41)45-31-12-10-24(32(23-31)25-6-4-8-28(20-25)36(37,38)39)14-17-40-35(42)27-11-13-34(44-3)33(22-27)26-7-5-9-30(21-26)43-2/h4-13,20-23,29H,14-19H2,1-3H3,(H,40,42). The Hall–Kier alpha value is -4.50. The van der Waals surface area contributed by atoms with Crippen LogP contribution >= 0.6 is 0 Å². The molecule has 0 spiro atoms. The van der Waals surface area contributed by atoms with Crippen LogP contribution in [0, 0.1) is 0 Å². The van der Waals surface area contributed by atoms with Gasteiger partial charge < -0.3 is 24.4 Å². The third kappa shape index (κ3) is 7.97. The van der Waals surface area contributed by atoms with Gasteiger partial charge in [0.25, 0.3) is 5.91 Å². The number of likely N-dealkylation sites (tertiary alicyclic amines) is 1. The second kappa shape index (κ2) is 14.1. The fourth-order valence-corrected chi connectivity index (χ4v) is 5.55. The lowest BCUT2D eigenvalue weighted by molar-refractivity contribution is -0.137. The smallest absolute Gasteiger partial charge is 0.416 e. The van der Waals surface area contributed by atoms with Crippen molar-refractivity contribution in [3.8, 4) is 39.5 Å². The van der Waals surface area contributed by atoms with Crippen molar-refractivity contribution in [1.82, 2.24) is 10.2 Å². The topological polar surface area (TPSA) is 60.0 Å². The summed E-state index contributed by atoms with van der Waals surface area (Å²) in [5.74, 6) is 1.65. The minimum atomic E-state index is -4.46. The molecule has 0 aromatic heterocycles. The van der Waals surface area contributed by atoms with Gasteiger partial charge in [0.1, 0.15) is 23.4 Å². The quantitative estimate of drug-likeness (QED) is 0.200. The summed E-state index contributed by atoms with van der Waals surface area (Å²) in [5, 5.41) is 2.96. The molecule has 1 aliphatic rings. The molecule has 1 fully saturated rings. The van der Waals surface area contributed by atoms with Gasteiger partial charge in [0.15, 0.2) is 0 Å². The fraction of sp³-hybridized carbons (Fsp3) is 0.306. The zero-order valence-corrected chi connectivity index (χ0v) is 25.6. The van der Waals surface area contributed by atoms with E-state index in [1.165, 1.54) is 6.07 Å². The monoisotopic (exact) mass is 618 g/mol. The second-order valence-corrected chi connectivity index (χ2v) is 11.2. The highest BCUT2D eigenvalue weighted by molar-refractivity contribution is 5.96. The molecule has 1 heterocycles. The molecule has 5 rings (SSSR count). The summed E-state index contributed by atoms with van der Waals surface area (Å²) in [6.07, 6.45) is -2.24. The third-order valence-electron chi connectivity index (χ3n) is 8.07. The lowest BCUT2D eigenvalue weighted by atomic mass is 9.95. The van der Waals surface area contributed by atoms with Gasteiger partial charge in [-0.1, -0.05) is 30.3 Å². The number of piperidine rings is 1. The number of rotatable bonds is 10. The van der Waals surface area contributed by atoms with E-state index in [0.29, 0.717) is 40.4 Å². The molecule has 1 saturated heterocycles. The van der Waals surface area contributed by atoms with E-state index in [1.54, 1.807) is 38.5 Å². The zero-order chi connectivity index (χ0) is 32.0. The molecule has 0 radical (unpaired) electrons. The molecule has 9 heteroatoms. The molecule has 0 aliphatic carbocycles. The van der Waals surface area contributed by atoms with E-state index in [4.69, 9.17) is 14.2 Å². The van der Waals surface area contributed by atoms with E-state index in [0.717, 1.165) is 54.8 Å². The lowest BCUT2D eigenvalue weighted by Gasteiger charge is -2.29. The highest BCUT2D eigenvalue weighted by atomic mass is 19.4. The number of hydrogen-bond donors (Lipinski definition) is 1. The SMILES string of the molecule is COc1cccc(-c2cc(C(=O)NCCc3ccc(OC4CCN(C)CC4)cc3-c3cccc(C(F)(F)F)c3)ccc2OC)c1. The van der Waals surface area contributed by atoms with Gasteiger partial charge in [-0.3, -0.25) is 4.79 Å². The number of amides is 1. The zero-order valence-electron chi connectivity index (χ0n) is 25.6. The van der Waals surface area contributed by atoms with Gasteiger partial charge in [0.2, 0.25) is 0 Å². The van der Waals surface area contributed by atoms with Crippen LogP contribution in [0.25, 0.3) is 22.3 Å². The highest BCUT2D eigenvalue weighted by Crippen LogP contribution is 2.36. The number of nitrogens with one attached hydrogen (secondary N) is 1. The second-order valence-electron chi connectivity index (χ2n) is 11.2. The van der Waals surface area contributed by atoms with Crippen molar-refractivity contribution in [2.45, 2.75) is 31.5 Å². The van der Waals surface area contributed by atoms with Crippen LogP contribution in [0.5, 0.6) is 17.2 Å². The summed E-state index contributed by atoms with van der Waals surface area (Å²) in [6.45, 7) is 2.14. The predicted molar refractivity (Wildman–Crippen MR) is 169 cm³/mol. The first-order valence-electron chi connectivity index (χ1n) is 14.9. The average molecular weight is 619 g/mol. The van der Waals surface area contributed by atoms with Crippen LogP contribution in [0.2, 0.25) is 0 Å². The maximum absolute atomic E-state index is 13.6. The Bertz CT molecular complexity index is 1630. The molecule has 1 aliphatic heterocycles. The Morgan fingerprint density at radius 3 is 2.29 bits per heavy atom. The average Bonchev–Trinajstić information content (AvgIpc) is 3.05. The molecule has 45 heavy (non-hydrogen) atoms. The molecule has 4 aromatic carbocycles. The molecule has 6 nitrogen and oxygen atoms in total. The van der Waals surface area contributed by atoms with E-state index >= 15 is 0 Å². The third-order valence-corrected chi connectivity index (χ3v) is 8.07. The van der Waals surface area contributed by atoms with E-state index < -0.39 is 11.7 Å². The summed E-state index contributed by atoms with van der Waals surface area (Å²) < 4.78 is 57.9. The van der Waals surface area contributed by atoms with Crippen LogP contribution in [0.1, 0.15) is 34.3 Å². The van der Waals surface area contributed by atoms with Crippen LogP contribution in [0.3, 0.4) is 0 Å². The van der Waals surface area contributed by atoms with Gasteiger partial charge in [-0.05, 0) is 103 Å². The highest BCUT2D eigenvalue weighted by Gasteiger charge is 2.30. The van der Waals surface area contributed by atoms with Crippen molar-refractivity contribution in [3.63, 3.8) is 0 Å². The minimum Gasteiger partial charge on any atom is -0.497 e. The predicted octanol–water partition coefficient (Wildman–Crippen LogP) is 7.50. The minimum absolute atomic E-state index is 0.0482. The molecule has 0 saturated carbocycles. The number of nitrogens with zero attached hydrogens (tertiary/aromatic N) is 1. The Kier molecular flexibility index (Phi) is 9.98. The molecule has 1 N–H and O–H groups in total. The van der Waals surface area contributed by atoms with Crippen LogP contribution < -0.4 is 19.5 Å². The molecule has 1 amide bonds. The number of benzene rings is 4. The number of carbonyl (C=O) groups excluding carboxylic acids is 1. The first kappa shape index (κ1) is 31.9. The summed E-state index contributed by atoms with van der Waals surface area (Å²) in [4.78, 5) is 15.5. The summed E-state index contributed by atoms with van der Waals surface area (Å²) in [7, 11) is 5.24. The molecule has 0 unspecified atom stereocenters. The van der Waals surface area contributed by atoms with E-state index in [1.807, 2.05) is 42.5 Å². The molecule has 0 atom stereocenters. The lowest BCUT2D eigenvalue weighted by Crippen LogP contribution is -2.35. The number of halogens is 3. The van der Waals surface area contributed by atoms with E-state index in [9.17, 15) is 18.0 Å². The molecular formula is C36H37F3N2O4. The summed E-state index contributed by atoms with van der Waals surface area (Å²) >= 11 is 0. The van der Waals surface area contributed by atoms with Crippen LogP contribution in [0.4, 0.5) is 13.2 Å². The van der Waals surface area contributed by atoms with E-state index in [2.05, 4.69) is 17.3 Å². The summed E-state index contributed by atoms with van der Waals surface area (Å²) in [6, 6.07) is 23.6. The maximum atomic E-state index is 13.6. The first-order valence-corrected chi connectivity index (χ1v) is 14.9.